The molecule has 0 aliphatic rings. The SMILES string of the molecule is CC(C)(CC(=O)O)C(F)(F)F.CC(C)(CCO)C(F)(F)F. The van der Waals surface area contributed by atoms with Gasteiger partial charge in [-0.3, -0.25) is 4.79 Å². The fraction of sp³-hybridized carbons (Fsp3) is 0.917. The van der Waals surface area contributed by atoms with Gasteiger partial charge in [0, 0.05) is 6.61 Å². The summed E-state index contributed by atoms with van der Waals surface area (Å²) in [5, 5.41) is 16.4. The highest BCUT2D eigenvalue weighted by Gasteiger charge is 2.48. The minimum atomic E-state index is -4.45. The summed E-state index contributed by atoms with van der Waals surface area (Å²) in [6.45, 7) is 3.45. The molecule has 0 spiro atoms. The number of hydrogen-bond donors (Lipinski definition) is 2. The molecular weight excluding hydrogens is 306 g/mol. The third-order valence-corrected chi connectivity index (χ3v) is 2.86. The first-order valence-corrected chi connectivity index (χ1v) is 5.94. The number of hydrogen-bond acceptors (Lipinski definition) is 2. The maximum absolute atomic E-state index is 11.9. The van der Waals surface area contributed by atoms with E-state index in [0.717, 1.165) is 27.7 Å². The second-order valence-corrected chi connectivity index (χ2v) is 5.81. The monoisotopic (exact) mass is 326 g/mol. The van der Waals surface area contributed by atoms with Crippen LogP contribution in [0, 0.1) is 10.8 Å². The summed E-state index contributed by atoms with van der Waals surface area (Å²) in [5.74, 6) is -1.44. The van der Waals surface area contributed by atoms with E-state index in [2.05, 4.69) is 0 Å². The van der Waals surface area contributed by atoms with Gasteiger partial charge in [-0.05, 0) is 6.42 Å². The predicted octanol–water partition coefficient (Wildman–Crippen LogP) is 4.01. The molecule has 0 saturated carbocycles. The molecule has 9 heteroatoms. The molecular formula is C12H20F6O3. The van der Waals surface area contributed by atoms with Crippen LogP contribution in [0.2, 0.25) is 0 Å². The maximum atomic E-state index is 11.9. The van der Waals surface area contributed by atoms with Crippen molar-refractivity contribution in [2.75, 3.05) is 6.61 Å². The Bertz CT molecular complexity index is 331. The van der Waals surface area contributed by atoms with E-state index in [1.807, 2.05) is 0 Å². The zero-order valence-electron chi connectivity index (χ0n) is 12.2. The van der Waals surface area contributed by atoms with Crippen LogP contribution in [0.1, 0.15) is 40.5 Å². The molecule has 0 aromatic heterocycles. The Labute approximate surface area is 119 Å². The molecule has 128 valence electrons. The van der Waals surface area contributed by atoms with E-state index < -0.39 is 42.2 Å². The van der Waals surface area contributed by atoms with E-state index in [9.17, 15) is 31.1 Å². The number of aliphatic hydroxyl groups excluding tert-OH is 1. The lowest BCUT2D eigenvalue weighted by Crippen LogP contribution is -2.34. The average Bonchev–Trinajstić information content (AvgIpc) is 2.12. The van der Waals surface area contributed by atoms with Gasteiger partial charge in [0.1, 0.15) is 0 Å². The molecule has 0 rings (SSSR count). The topological polar surface area (TPSA) is 57.5 Å². The van der Waals surface area contributed by atoms with Crippen molar-refractivity contribution >= 4 is 5.97 Å². The number of rotatable bonds is 4. The van der Waals surface area contributed by atoms with Crippen LogP contribution >= 0.6 is 0 Å². The lowest BCUT2D eigenvalue weighted by molar-refractivity contribution is -0.216. The summed E-state index contributed by atoms with van der Waals surface area (Å²) in [5.41, 5.74) is -3.90. The molecule has 2 N–H and O–H groups in total. The van der Waals surface area contributed by atoms with Gasteiger partial charge in [-0.25, -0.2) is 0 Å². The molecule has 0 amide bonds. The molecule has 0 aliphatic heterocycles. The van der Waals surface area contributed by atoms with Gasteiger partial charge in [0.25, 0.3) is 0 Å². The molecule has 0 unspecified atom stereocenters. The van der Waals surface area contributed by atoms with E-state index in [1.165, 1.54) is 0 Å². The van der Waals surface area contributed by atoms with Crippen molar-refractivity contribution < 1.29 is 41.4 Å². The van der Waals surface area contributed by atoms with E-state index in [-0.39, 0.29) is 6.42 Å². The van der Waals surface area contributed by atoms with Crippen molar-refractivity contribution in [3.8, 4) is 0 Å². The summed E-state index contributed by atoms with van der Waals surface area (Å²) in [7, 11) is 0. The molecule has 0 bridgehead atoms. The fourth-order valence-corrected chi connectivity index (χ4v) is 0.900. The van der Waals surface area contributed by atoms with E-state index in [1.54, 1.807) is 0 Å². The highest BCUT2D eigenvalue weighted by molar-refractivity contribution is 5.67. The minimum absolute atomic E-state index is 0.240. The highest BCUT2D eigenvalue weighted by atomic mass is 19.4. The van der Waals surface area contributed by atoms with Crippen molar-refractivity contribution in [1.82, 2.24) is 0 Å². The number of carboxylic acids is 1. The Morgan fingerprint density at radius 2 is 1.19 bits per heavy atom. The van der Waals surface area contributed by atoms with Crippen LogP contribution < -0.4 is 0 Å². The number of alkyl halides is 6. The molecule has 0 saturated heterocycles. The smallest absolute Gasteiger partial charge is 0.394 e. The number of aliphatic carboxylic acids is 1. The molecule has 3 nitrogen and oxygen atoms in total. The first-order chi connectivity index (χ1) is 8.98. The normalized spacial score (nSPS) is 13.5. The Hall–Kier alpha value is -0.990. The van der Waals surface area contributed by atoms with Gasteiger partial charge in [-0.2, -0.15) is 26.3 Å². The summed E-state index contributed by atoms with van der Waals surface area (Å²) >= 11 is 0. The van der Waals surface area contributed by atoms with Crippen LogP contribution in [0.25, 0.3) is 0 Å². The number of halogens is 6. The average molecular weight is 326 g/mol. The molecule has 0 fully saturated rings. The maximum Gasteiger partial charge on any atom is 0.394 e. The Balaban J connectivity index is 0. The molecule has 21 heavy (non-hydrogen) atoms. The molecule has 0 atom stereocenters. The second kappa shape index (κ2) is 7.33. The largest absolute Gasteiger partial charge is 0.481 e. The molecule has 0 heterocycles. The fourth-order valence-electron chi connectivity index (χ4n) is 0.900. The lowest BCUT2D eigenvalue weighted by atomic mass is 9.89. The summed E-state index contributed by atoms with van der Waals surface area (Å²) in [4.78, 5) is 9.96. The predicted molar refractivity (Wildman–Crippen MR) is 63.6 cm³/mol. The molecule has 0 aromatic carbocycles. The standard InChI is InChI=1S/C6H9F3O2.C6H11F3O/c1-5(2,3-4(10)11)6(7,8)9;1-5(2,3-4-10)6(7,8)9/h3H2,1-2H3,(H,10,11);10H,3-4H2,1-2H3. The lowest BCUT2D eigenvalue weighted by Gasteiger charge is -2.26. The highest BCUT2D eigenvalue weighted by Crippen LogP contribution is 2.40. The third-order valence-electron chi connectivity index (χ3n) is 2.86. The van der Waals surface area contributed by atoms with Crippen LogP contribution in [-0.4, -0.2) is 35.1 Å². The number of carboxylic acid groups (broad SMARTS) is 1. The van der Waals surface area contributed by atoms with E-state index >= 15 is 0 Å². The molecule has 0 aliphatic carbocycles. The van der Waals surface area contributed by atoms with Gasteiger partial charge < -0.3 is 10.2 Å². The molecule has 0 aromatic rings. The summed E-state index contributed by atoms with van der Waals surface area (Å²) in [6, 6.07) is 0. The van der Waals surface area contributed by atoms with Crippen molar-refractivity contribution in [2.24, 2.45) is 10.8 Å². The first-order valence-electron chi connectivity index (χ1n) is 5.94. The minimum Gasteiger partial charge on any atom is -0.481 e. The van der Waals surface area contributed by atoms with Gasteiger partial charge in [0.15, 0.2) is 0 Å². The summed E-state index contributed by atoms with van der Waals surface area (Å²) in [6.07, 6.45) is -9.80. The van der Waals surface area contributed by atoms with Gasteiger partial charge in [0.2, 0.25) is 0 Å². The summed E-state index contributed by atoms with van der Waals surface area (Å²) < 4.78 is 71.5. The Morgan fingerprint density at radius 3 is 1.29 bits per heavy atom. The van der Waals surface area contributed by atoms with Crippen molar-refractivity contribution in [2.45, 2.75) is 52.9 Å². The van der Waals surface area contributed by atoms with Crippen LogP contribution in [0.4, 0.5) is 26.3 Å². The van der Waals surface area contributed by atoms with Crippen LogP contribution in [0.3, 0.4) is 0 Å². The van der Waals surface area contributed by atoms with Crippen molar-refractivity contribution in [3.63, 3.8) is 0 Å². The number of carbonyl (C=O) groups is 1. The van der Waals surface area contributed by atoms with Gasteiger partial charge in [-0.1, -0.05) is 27.7 Å². The Morgan fingerprint density at radius 1 is 0.857 bits per heavy atom. The van der Waals surface area contributed by atoms with Crippen molar-refractivity contribution in [1.29, 1.82) is 0 Å². The van der Waals surface area contributed by atoms with Crippen LogP contribution in [0.15, 0.2) is 0 Å². The first kappa shape index (κ1) is 22.3. The second-order valence-electron chi connectivity index (χ2n) is 5.81. The van der Waals surface area contributed by atoms with Crippen LogP contribution in [-0.2, 0) is 4.79 Å². The van der Waals surface area contributed by atoms with Crippen LogP contribution in [0.5, 0.6) is 0 Å². The zero-order valence-corrected chi connectivity index (χ0v) is 12.2. The van der Waals surface area contributed by atoms with E-state index in [4.69, 9.17) is 10.2 Å². The van der Waals surface area contributed by atoms with Gasteiger partial charge >= 0.3 is 18.3 Å². The van der Waals surface area contributed by atoms with Gasteiger partial charge in [-0.15, -0.1) is 0 Å². The van der Waals surface area contributed by atoms with Gasteiger partial charge in [0.05, 0.1) is 17.3 Å². The zero-order chi connectivity index (χ0) is 17.7. The van der Waals surface area contributed by atoms with E-state index in [0.29, 0.717) is 0 Å². The number of aliphatic hydroxyl groups is 1. The molecule has 0 radical (unpaired) electrons. The quantitative estimate of drug-likeness (QED) is 0.768. The van der Waals surface area contributed by atoms with Crippen molar-refractivity contribution in [3.05, 3.63) is 0 Å². The Kier molecular flexibility index (Phi) is 7.78. The third kappa shape index (κ3) is 8.13.